The molecule has 1 fully saturated rings. The first-order valence-electron chi connectivity index (χ1n) is 9.46. The Morgan fingerprint density at radius 2 is 2.10 bits per heavy atom. The van der Waals surface area contributed by atoms with Gasteiger partial charge in [0.2, 0.25) is 11.8 Å². The lowest BCUT2D eigenvalue weighted by atomic mass is 9.79. The number of pyridine rings is 1. The molecular formula is C22H22N4O3. The van der Waals surface area contributed by atoms with Crippen LogP contribution in [0.25, 0.3) is 0 Å². The van der Waals surface area contributed by atoms with Gasteiger partial charge in [0.25, 0.3) is 0 Å². The third kappa shape index (κ3) is 3.27. The number of aryl methyl sites for hydroxylation is 1. The topological polar surface area (TPSA) is 110 Å². The molecule has 0 unspecified atom stereocenters. The van der Waals surface area contributed by atoms with Crippen molar-refractivity contribution in [3.05, 3.63) is 57.9 Å². The molecule has 3 N–H and O–H groups in total. The molecule has 2 heterocycles. The van der Waals surface area contributed by atoms with Crippen LogP contribution in [0.3, 0.4) is 0 Å². The number of amides is 1. The fourth-order valence-electron chi connectivity index (χ4n) is 3.75. The summed E-state index contributed by atoms with van der Waals surface area (Å²) in [4.78, 5) is 17.0. The summed E-state index contributed by atoms with van der Waals surface area (Å²) in [5.41, 5.74) is 10.7. The minimum Gasteiger partial charge on any atom is -0.496 e. The van der Waals surface area contributed by atoms with Crippen LogP contribution in [0, 0.1) is 18.3 Å². The standard InChI is InChI=1S/C22H22N4O3/c1-11-10-25-22(29-14-5-6-14)19-18(17(21(24)27)12(2)26-20(11)19)15-7-4-13(9-23)8-16(15)28-3/h4,7-8,10,14,18,26H,5-6H2,1-3H3,(H2,24,27)/t18-/m0/s1. The van der Waals surface area contributed by atoms with E-state index < -0.39 is 11.8 Å². The van der Waals surface area contributed by atoms with Gasteiger partial charge in [-0.25, -0.2) is 4.98 Å². The smallest absolute Gasteiger partial charge is 0.247 e. The number of primary amides is 1. The normalized spacial score (nSPS) is 17.8. The predicted octanol–water partition coefficient (Wildman–Crippen LogP) is 3.13. The van der Waals surface area contributed by atoms with E-state index >= 15 is 0 Å². The average molecular weight is 390 g/mol. The molecule has 1 aromatic carbocycles. The third-order valence-electron chi connectivity index (χ3n) is 5.31. The molecule has 0 spiro atoms. The molecule has 7 heteroatoms. The van der Waals surface area contributed by atoms with Gasteiger partial charge in [0.15, 0.2) is 0 Å². The number of methoxy groups -OCH3 is 1. The Balaban J connectivity index is 2.00. The van der Waals surface area contributed by atoms with Gasteiger partial charge in [-0.05, 0) is 44.4 Å². The number of anilines is 1. The van der Waals surface area contributed by atoms with E-state index in [2.05, 4.69) is 16.4 Å². The van der Waals surface area contributed by atoms with Gasteiger partial charge in [0.05, 0.1) is 35.9 Å². The van der Waals surface area contributed by atoms with Crippen molar-refractivity contribution < 1.29 is 14.3 Å². The summed E-state index contributed by atoms with van der Waals surface area (Å²) in [5.74, 6) is -0.0564. The fraction of sp³-hybridized carbons (Fsp3) is 0.318. The molecule has 0 saturated heterocycles. The molecule has 1 amide bonds. The second-order valence-electron chi connectivity index (χ2n) is 7.38. The number of carbonyl (C=O) groups excluding carboxylic acids is 1. The van der Waals surface area contributed by atoms with E-state index in [0.717, 1.165) is 35.2 Å². The first-order valence-corrected chi connectivity index (χ1v) is 9.46. The third-order valence-corrected chi connectivity index (χ3v) is 5.31. The lowest BCUT2D eigenvalue weighted by molar-refractivity contribution is -0.114. The number of hydrogen-bond donors (Lipinski definition) is 2. The number of fused-ring (bicyclic) bond motifs is 1. The highest BCUT2D eigenvalue weighted by Gasteiger charge is 2.38. The predicted molar refractivity (Wildman–Crippen MR) is 108 cm³/mol. The zero-order chi connectivity index (χ0) is 20.7. The van der Waals surface area contributed by atoms with E-state index in [1.165, 1.54) is 0 Å². The molecule has 0 bridgehead atoms. The molecular weight excluding hydrogens is 368 g/mol. The maximum Gasteiger partial charge on any atom is 0.247 e. The minimum atomic E-state index is -0.532. The summed E-state index contributed by atoms with van der Waals surface area (Å²) in [7, 11) is 1.54. The molecule has 1 aliphatic carbocycles. The van der Waals surface area contributed by atoms with Crippen LogP contribution in [-0.4, -0.2) is 24.1 Å². The summed E-state index contributed by atoms with van der Waals surface area (Å²) in [6.07, 6.45) is 3.88. The number of nitrogens with one attached hydrogen (secondary N) is 1. The number of nitrogens with zero attached hydrogens (tertiary/aromatic N) is 2. The molecule has 148 valence electrons. The largest absolute Gasteiger partial charge is 0.496 e. The SMILES string of the molecule is COc1cc(C#N)ccc1[C@H]1C(C(N)=O)=C(C)Nc2c(C)cnc(OC3CC3)c21. The van der Waals surface area contributed by atoms with Crippen molar-refractivity contribution in [3.63, 3.8) is 0 Å². The Morgan fingerprint density at radius 1 is 1.34 bits per heavy atom. The zero-order valence-electron chi connectivity index (χ0n) is 16.6. The monoisotopic (exact) mass is 390 g/mol. The highest BCUT2D eigenvalue weighted by Crippen LogP contribution is 2.49. The Morgan fingerprint density at radius 3 is 2.72 bits per heavy atom. The molecule has 1 atom stereocenters. The van der Waals surface area contributed by atoms with Crippen molar-refractivity contribution in [3.8, 4) is 17.7 Å². The van der Waals surface area contributed by atoms with Crippen LogP contribution in [0.4, 0.5) is 5.69 Å². The van der Waals surface area contributed by atoms with Crippen LogP contribution >= 0.6 is 0 Å². The van der Waals surface area contributed by atoms with Gasteiger partial charge in [-0.2, -0.15) is 5.26 Å². The molecule has 1 aromatic heterocycles. The molecule has 1 aliphatic heterocycles. The van der Waals surface area contributed by atoms with Gasteiger partial charge >= 0.3 is 0 Å². The number of carbonyl (C=O) groups is 1. The highest BCUT2D eigenvalue weighted by atomic mass is 16.5. The van der Waals surface area contributed by atoms with Crippen LogP contribution < -0.4 is 20.5 Å². The molecule has 1 saturated carbocycles. The van der Waals surface area contributed by atoms with Crippen molar-refractivity contribution in [1.29, 1.82) is 5.26 Å². The van der Waals surface area contributed by atoms with Gasteiger partial charge in [-0.3, -0.25) is 4.79 Å². The zero-order valence-corrected chi connectivity index (χ0v) is 16.6. The van der Waals surface area contributed by atoms with E-state index in [4.69, 9.17) is 15.2 Å². The van der Waals surface area contributed by atoms with Crippen molar-refractivity contribution >= 4 is 11.6 Å². The van der Waals surface area contributed by atoms with Crippen LogP contribution in [0.15, 0.2) is 35.7 Å². The first kappa shape index (κ1) is 18.8. The maximum absolute atomic E-state index is 12.5. The van der Waals surface area contributed by atoms with Crippen LogP contribution in [0.1, 0.15) is 47.9 Å². The van der Waals surface area contributed by atoms with Gasteiger partial charge in [0.1, 0.15) is 11.9 Å². The quantitative estimate of drug-likeness (QED) is 0.812. The van der Waals surface area contributed by atoms with Crippen molar-refractivity contribution in [1.82, 2.24) is 4.98 Å². The minimum absolute atomic E-state index is 0.141. The molecule has 7 nitrogen and oxygen atoms in total. The second kappa shape index (κ2) is 7.13. The number of aromatic nitrogens is 1. The van der Waals surface area contributed by atoms with Gasteiger partial charge in [-0.15, -0.1) is 0 Å². The Labute approximate surface area is 169 Å². The van der Waals surface area contributed by atoms with Gasteiger partial charge in [0, 0.05) is 23.0 Å². The summed E-state index contributed by atoms with van der Waals surface area (Å²) in [5, 5.41) is 12.6. The van der Waals surface area contributed by atoms with Gasteiger partial charge in [-0.1, -0.05) is 6.07 Å². The van der Waals surface area contributed by atoms with E-state index in [0.29, 0.717) is 28.5 Å². The highest BCUT2D eigenvalue weighted by molar-refractivity contribution is 5.98. The Kier molecular flexibility index (Phi) is 4.63. The number of ether oxygens (including phenoxy) is 2. The number of benzene rings is 1. The second-order valence-corrected chi connectivity index (χ2v) is 7.38. The summed E-state index contributed by atoms with van der Waals surface area (Å²) >= 11 is 0. The van der Waals surface area contributed by atoms with Crippen LogP contribution in [-0.2, 0) is 4.79 Å². The molecule has 2 aliphatic rings. The molecule has 0 radical (unpaired) electrons. The van der Waals surface area contributed by atoms with E-state index in [1.807, 2.05) is 13.8 Å². The molecule has 2 aromatic rings. The molecule has 29 heavy (non-hydrogen) atoms. The van der Waals surface area contributed by atoms with Crippen molar-refractivity contribution in [2.24, 2.45) is 5.73 Å². The Hall–Kier alpha value is -3.53. The lowest BCUT2D eigenvalue weighted by Crippen LogP contribution is -2.28. The number of rotatable bonds is 5. The lowest BCUT2D eigenvalue weighted by Gasteiger charge is -2.32. The number of hydrogen-bond acceptors (Lipinski definition) is 6. The van der Waals surface area contributed by atoms with Crippen molar-refractivity contribution in [2.75, 3.05) is 12.4 Å². The Bertz CT molecular complexity index is 1080. The summed E-state index contributed by atoms with van der Waals surface area (Å²) in [6.45, 7) is 3.78. The van der Waals surface area contributed by atoms with Gasteiger partial charge < -0.3 is 20.5 Å². The number of nitriles is 1. The van der Waals surface area contributed by atoms with E-state index in [-0.39, 0.29) is 6.10 Å². The maximum atomic E-state index is 12.5. The van der Waals surface area contributed by atoms with E-state index in [9.17, 15) is 10.1 Å². The average Bonchev–Trinajstić information content (AvgIpc) is 3.52. The number of allylic oxidation sites excluding steroid dienone is 1. The first-order chi connectivity index (χ1) is 13.9. The fourth-order valence-corrected chi connectivity index (χ4v) is 3.75. The van der Waals surface area contributed by atoms with E-state index in [1.54, 1.807) is 31.5 Å². The van der Waals surface area contributed by atoms with Crippen molar-refractivity contribution in [2.45, 2.75) is 38.7 Å². The summed E-state index contributed by atoms with van der Waals surface area (Å²) in [6, 6.07) is 7.29. The summed E-state index contributed by atoms with van der Waals surface area (Å²) < 4.78 is 11.7. The van der Waals surface area contributed by atoms with Crippen LogP contribution in [0.2, 0.25) is 0 Å². The number of nitrogens with two attached hydrogens (primary N) is 1. The van der Waals surface area contributed by atoms with Crippen LogP contribution in [0.5, 0.6) is 11.6 Å². The molecule has 4 rings (SSSR count).